The molecule has 2 aliphatic rings. The van der Waals surface area contributed by atoms with E-state index in [9.17, 15) is 10.2 Å². The van der Waals surface area contributed by atoms with Gasteiger partial charge >= 0.3 is 0 Å². The Kier molecular flexibility index (Phi) is 15.4. The largest absolute Gasteiger partial charge is 0.497 e. The molecular weight excluding hydrogens is 727 g/mol. The minimum Gasteiger partial charge on any atom is -0.497 e. The van der Waals surface area contributed by atoms with Crippen molar-refractivity contribution in [2.24, 2.45) is 11.8 Å². The van der Waals surface area contributed by atoms with Crippen molar-refractivity contribution in [3.05, 3.63) is 124 Å². The summed E-state index contributed by atoms with van der Waals surface area (Å²) in [5.74, 6) is 1.11. The summed E-state index contributed by atoms with van der Waals surface area (Å²) in [5, 5.41) is 24.4. The number of halogens is 2. The van der Waals surface area contributed by atoms with Crippen LogP contribution in [-0.2, 0) is 11.2 Å². The number of methoxy groups -OCH3 is 1. The average molecular weight is 790 g/mol. The van der Waals surface area contributed by atoms with Gasteiger partial charge in [-0.1, -0.05) is 105 Å². The zero-order valence-electron chi connectivity index (χ0n) is 33.7. The third kappa shape index (κ3) is 11.0. The molecule has 2 saturated heterocycles. The molecule has 0 spiro atoms. The second kappa shape index (κ2) is 19.7. The van der Waals surface area contributed by atoms with Crippen LogP contribution in [0.25, 0.3) is 0 Å². The van der Waals surface area contributed by atoms with E-state index in [0.717, 1.165) is 98.8 Å². The molecule has 0 aliphatic carbocycles. The van der Waals surface area contributed by atoms with Crippen LogP contribution in [0.4, 0.5) is 11.4 Å². The summed E-state index contributed by atoms with van der Waals surface area (Å²) >= 11 is 12.3. The zero-order chi connectivity index (χ0) is 39.6. The molecular formula is C46H62Cl2N4O3. The van der Waals surface area contributed by atoms with Crippen molar-refractivity contribution in [2.45, 2.75) is 58.7 Å². The van der Waals surface area contributed by atoms with Gasteiger partial charge in [0.1, 0.15) is 5.75 Å². The highest BCUT2D eigenvalue weighted by Gasteiger charge is 2.36. The number of benzene rings is 4. The second-order valence-corrected chi connectivity index (χ2v) is 16.4. The maximum Gasteiger partial charge on any atom is 0.118 e. The fourth-order valence-electron chi connectivity index (χ4n) is 8.20. The molecule has 0 saturated carbocycles. The summed E-state index contributed by atoms with van der Waals surface area (Å²) in [5.41, 5.74) is 3.97. The predicted octanol–water partition coefficient (Wildman–Crippen LogP) is 9.11. The molecule has 55 heavy (non-hydrogen) atoms. The molecule has 0 aromatic heterocycles. The van der Waals surface area contributed by atoms with E-state index in [0.29, 0.717) is 6.42 Å². The van der Waals surface area contributed by atoms with E-state index in [1.54, 1.807) is 7.11 Å². The summed E-state index contributed by atoms with van der Waals surface area (Å²) in [6.07, 6.45) is 1.41. The molecule has 2 heterocycles. The maximum atomic E-state index is 11.4. The van der Waals surface area contributed by atoms with Gasteiger partial charge in [0, 0.05) is 98.7 Å². The first-order valence-corrected chi connectivity index (χ1v) is 20.8. The van der Waals surface area contributed by atoms with E-state index in [1.807, 2.05) is 60.7 Å². The van der Waals surface area contributed by atoms with Gasteiger partial charge < -0.3 is 24.7 Å². The molecule has 2 N–H and O–H groups in total. The Balaban J connectivity index is 0.000000211. The lowest BCUT2D eigenvalue weighted by atomic mass is 9.79. The van der Waals surface area contributed by atoms with Crippen molar-refractivity contribution in [3.63, 3.8) is 0 Å². The van der Waals surface area contributed by atoms with Crippen LogP contribution in [0.2, 0.25) is 10.0 Å². The quantitative estimate of drug-likeness (QED) is 0.140. The summed E-state index contributed by atoms with van der Waals surface area (Å²) in [6, 6.07) is 32.3. The number of aryl methyl sites for hydroxylation is 1. The van der Waals surface area contributed by atoms with Crippen molar-refractivity contribution in [2.75, 3.05) is 82.4 Å². The number of hydrogen-bond acceptors (Lipinski definition) is 7. The van der Waals surface area contributed by atoms with Crippen LogP contribution in [0.5, 0.6) is 5.75 Å². The Morgan fingerprint density at radius 3 is 1.33 bits per heavy atom. The van der Waals surface area contributed by atoms with Gasteiger partial charge in [0.15, 0.2) is 0 Å². The first-order valence-electron chi connectivity index (χ1n) is 20.0. The van der Waals surface area contributed by atoms with Gasteiger partial charge in [0.25, 0.3) is 0 Å². The van der Waals surface area contributed by atoms with E-state index >= 15 is 0 Å². The Labute approximate surface area is 340 Å². The average Bonchev–Trinajstić information content (AvgIpc) is 3.21. The molecule has 2 aliphatic heterocycles. The highest BCUT2D eigenvalue weighted by molar-refractivity contribution is 6.31. The lowest BCUT2D eigenvalue weighted by Crippen LogP contribution is -2.50. The fraction of sp³-hybridized carbons (Fsp3) is 0.478. The van der Waals surface area contributed by atoms with Crippen LogP contribution in [0, 0.1) is 18.8 Å². The molecule has 4 aromatic rings. The van der Waals surface area contributed by atoms with Crippen LogP contribution in [0.1, 0.15) is 57.2 Å². The van der Waals surface area contributed by atoms with E-state index in [4.69, 9.17) is 27.9 Å². The maximum absolute atomic E-state index is 11.4. The van der Waals surface area contributed by atoms with E-state index in [-0.39, 0.29) is 11.8 Å². The molecule has 298 valence electrons. The first-order chi connectivity index (χ1) is 26.4. The zero-order valence-corrected chi connectivity index (χ0v) is 35.2. The number of anilines is 2. The summed E-state index contributed by atoms with van der Waals surface area (Å²) in [4.78, 5) is 9.69. The Morgan fingerprint density at radius 1 is 0.600 bits per heavy atom. The second-order valence-electron chi connectivity index (χ2n) is 15.5. The van der Waals surface area contributed by atoms with Crippen LogP contribution in [0.3, 0.4) is 0 Å². The number of piperazine rings is 2. The highest BCUT2D eigenvalue weighted by Crippen LogP contribution is 2.36. The molecule has 4 atom stereocenters. The van der Waals surface area contributed by atoms with E-state index in [2.05, 4.69) is 90.6 Å². The molecule has 2 fully saturated rings. The SMILES string of the molecule is CCC(O)(c1ccc(C)cc1)C(C)CN1CCN(c2cccc(Cl)c2)CC1.CCC(O)(c1ccc(OC)cc1)C(C)CN1CCN(c2cccc(Cl)c2)CC1. The molecule has 0 amide bonds. The minimum atomic E-state index is -0.837. The molecule has 9 heteroatoms. The van der Waals surface area contributed by atoms with Gasteiger partial charge in [-0.3, -0.25) is 9.80 Å². The van der Waals surface area contributed by atoms with Gasteiger partial charge in [-0.05, 0) is 79.4 Å². The Bertz CT molecular complexity index is 1760. The molecule has 0 bridgehead atoms. The van der Waals surface area contributed by atoms with Gasteiger partial charge in [-0.2, -0.15) is 0 Å². The third-order valence-electron chi connectivity index (χ3n) is 12.0. The van der Waals surface area contributed by atoms with Crippen LogP contribution in [0.15, 0.2) is 97.1 Å². The lowest BCUT2D eigenvalue weighted by Gasteiger charge is -2.41. The van der Waals surface area contributed by atoms with Gasteiger partial charge in [-0.15, -0.1) is 0 Å². The summed E-state index contributed by atoms with van der Waals surface area (Å²) < 4.78 is 5.25. The standard InChI is InChI=1S/C23H31ClN2O2.C23H31ClN2O/c1-4-23(27,19-8-10-22(28-3)11-9-19)18(2)17-25-12-14-26(15-13-25)21-7-5-6-20(24)16-21;1-4-23(27,20-10-8-18(2)9-11-20)19(3)17-25-12-14-26(15-13-25)22-7-5-6-21(24)16-22/h5-11,16,18,27H,4,12-15,17H2,1-3H3;5-11,16,19,27H,4,12-15,17H2,1-3H3. The molecule has 6 rings (SSSR count). The monoisotopic (exact) mass is 788 g/mol. The van der Waals surface area contributed by atoms with Crippen molar-refractivity contribution < 1.29 is 14.9 Å². The van der Waals surface area contributed by atoms with Crippen LogP contribution >= 0.6 is 23.2 Å². The number of nitrogens with zero attached hydrogens (tertiary/aromatic N) is 4. The topological polar surface area (TPSA) is 62.7 Å². The third-order valence-corrected chi connectivity index (χ3v) is 12.5. The van der Waals surface area contributed by atoms with Gasteiger partial charge in [0.05, 0.1) is 18.3 Å². The molecule has 4 aromatic carbocycles. The lowest BCUT2D eigenvalue weighted by molar-refractivity contribution is -0.0341. The first kappa shape index (κ1) is 42.8. The normalized spacial score (nSPS) is 18.7. The summed E-state index contributed by atoms with van der Waals surface area (Å²) in [7, 11) is 1.66. The minimum absolute atomic E-state index is 0.128. The number of aliphatic hydroxyl groups is 2. The number of hydrogen-bond donors (Lipinski definition) is 2. The van der Waals surface area contributed by atoms with Crippen LogP contribution in [-0.4, -0.2) is 92.6 Å². The van der Waals surface area contributed by atoms with Crippen LogP contribution < -0.4 is 14.5 Å². The predicted molar refractivity (Wildman–Crippen MR) is 231 cm³/mol. The Hall–Kier alpha value is -3.30. The molecule has 4 unspecified atom stereocenters. The number of ether oxygens (including phenoxy) is 1. The smallest absolute Gasteiger partial charge is 0.118 e. The summed E-state index contributed by atoms with van der Waals surface area (Å²) in [6.45, 7) is 20.2. The van der Waals surface area contributed by atoms with E-state index < -0.39 is 11.2 Å². The van der Waals surface area contributed by atoms with Crippen molar-refractivity contribution in [1.82, 2.24) is 9.80 Å². The molecule has 0 radical (unpaired) electrons. The highest BCUT2D eigenvalue weighted by atomic mass is 35.5. The molecule has 7 nitrogen and oxygen atoms in total. The fourth-order valence-corrected chi connectivity index (χ4v) is 8.56. The van der Waals surface area contributed by atoms with Gasteiger partial charge in [0.2, 0.25) is 0 Å². The van der Waals surface area contributed by atoms with Crippen molar-refractivity contribution in [3.8, 4) is 5.75 Å². The van der Waals surface area contributed by atoms with E-state index in [1.165, 1.54) is 16.9 Å². The number of rotatable bonds is 13. The van der Waals surface area contributed by atoms with Crippen molar-refractivity contribution in [1.29, 1.82) is 0 Å². The van der Waals surface area contributed by atoms with Crippen molar-refractivity contribution >= 4 is 34.6 Å². The Morgan fingerprint density at radius 2 is 0.982 bits per heavy atom. The van der Waals surface area contributed by atoms with Gasteiger partial charge in [-0.25, -0.2) is 0 Å².